The van der Waals surface area contributed by atoms with Crippen molar-refractivity contribution >= 4 is 50.5 Å². The molecule has 0 unspecified atom stereocenters. The summed E-state index contributed by atoms with van der Waals surface area (Å²) in [6, 6.07) is 0. The van der Waals surface area contributed by atoms with E-state index in [4.69, 9.17) is 0 Å². The van der Waals surface area contributed by atoms with Crippen molar-refractivity contribution in [2.75, 3.05) is 0 Å². The topological polar surface area (TPSA) is 0 Å². The molecular formula is C8F12NiS4-4. The molecule has 0 aliphatic rings. The second kappa shape index (κ2) is 9.81. The Labute approximate surface area is 164 Å². The van der Waals surface area contributed by atoms with E-state index >= 15 is 0 Å². The van der Waals surface area contributed by atoms with Crippen LogP contribution < -0.4 is 0 Å². The van der Waals surface area contributed by atoms with Gasteiger partial charge in [-0.3, -0.25) is 0 Å². The van der Waals surface area contributed by atoms with Crippen LogP contribution in [0.4, 0.5) is 52.7 Å². The zero-order valence-electron chi connectivity index (χ0n) is 10.5. The predicted octanol–water partition coefficient (Wildman–Crippen LogP) is 4.83. The van der Waals surface area contributed by atoms with Gasteiger partial charge in [0.25, 0.3) is 0 Å². The van der Waals surface area contributed by atoms with Crippen LogP contribution in [-0.4, -0.2) is 24.7 Å². The summed E-state index contributed by atoms with van der Waals surface area (Å²) >= 11 is 13.9. The SMILES string of the molecule is FC(F)(F)C([S-])=C([S-])C(F)(F)F.FC(F)(F)C([S-])=C([S-])C(F)(F)F.[Ni]. The Morgan fingerprint density at radius 1 is 0.360 bits per heavy atom. The molecule has 0 heterocycles. The van der Waals surface area contributed by atoms with Crippen molar-refractivity contribution in [1.82, 2.24) is 0 Å². The summed E-state index contributed by atoms with van der Waals surface area (Å²) in [6.45, 7) is 0. The van der Waals surface area contributed by atoms with Gasteiger partial charge >= 0.3 is 24.7 Å². The molecule has 0 aliphatic carbocycles. The van der Waals surface area contributed by atoms with Crippen LogP contribution in [-0.2, 0) is 67.0 Å². The van der Waals surface area contributed by atoms with Crippen molar-refractivity contribution in [3.8, 4) is 0 Å². The van der Waals surface area contributed by atoms with Crippen molar-refractivity contribution in [3.63, 3.8) is 0 Å². The summed E-state index contributed by atoms with van der Waals surface area (Å²) in [5, 5.41) is 0. The average Bonchev–Trinajstić information content (AvgIpc) is 2.31. The molecule has 0 aliphatic heterocycles. The molecule has 0 rings (SSSR count). The van der Waals surface area contributed by atoms with E-state index in [2.05, 4.69) is 50.5 Å². The van der Waals surface area contributed by atoms with Gasteiger partial charge in [-0.2, -0.15) is 52.7 Å². The first-order chi connectivity index (χ1) is 10.1. The fourth-order valence-electron chi connectivity index (χ4n) is 0.515. The molecule has 0 saturated heterocycles. The van der Waals surface area contributed by atoms with Gasteiger partial charge in [-0.15, -0.1) is 19.6 Å². The maximum atomic E-state index is 11.5. The molecule has 0 nitrogen and oxygen atoms in total. The first kappa shape index (κ1) is 29.8. The molecule has 0 amide bonds. The van der Waals surface area contributed by atoms with Crippen molar-refractivity contribution in [2.24, 2.45) is 0 Å². The first-order valence-electron chi connectivity index (χ1n) is 4.58. The summed E-state index contributed by atoms with van der Waals surface area (Å²) in [7, 11) is 0. The van der Waals surface area contributed by atoms with E-state index in [1.165, 1.54) is 0 Å². The second-order valence-electron chi connectivity index (χ2n) is 3.31. The molecule has 0 aromatic heterocycles. The fraction of sp³-hybridized carbons (Fsp3) is 0.500. The van der Waals surface area contributed by atoms with Crippen LogP contribution in [0.15, 0.2) is 19.6 Å². The number of halogens is 12. The molecule has 0 bridgehead atoms. The maximum Gasteiger partial charge on any atom is 0.391 e. The van der Waals surface area contributed by atoms with Crippen LogP contribution in [0.2, 0.25) is 0 Å². The van der Waals surface area contributed by atoms with Crippen molar-refractivity contribution in [3.05, 3.63) is 19.6 Å². The van der Waals surface area contributed by atoms with Gasteiger partial charge in [-0.05, 0) is 0 Å². The Morgan fingerprint density at radius 2 is 0.440 bits per heavy atom. The molecular weight excluding hydrogens is 511 g/mol. The summed E-state index contributed by atoms with van der Waals surface area (Å²) in [5.41, 5.74) is 0. The van der Waals surface area contributed by atoms with Crippen molar-refractivity contribution < 1.29 is 69.2 Å². The molecule has 0 radical (unpaired) electrons. The largest absolute Gasteiger partial charge is 0.777 e. The van der Waals surface area contributed by atoms with Crippen molar-refractivity contribution in [1.29, 1.82) is 0 Å². The Kier molecular flexibility index (Phi) is 11.7. The first-order valence-corrected chi connectivity index (χ1v) is 6.22. The predicted molar refractivity (Wildman–Crippen MR) is 67.7 cm³/mol. The zero-order valence-corrected chi connectivity index (χ0v) is 14.7. The Morgan fingerprint density at radius 3 is 0.480 bits per heavy atom. The third kappa shape index (κ3) is 11.4. The van der Waals surface area contributed by atoms with Gasteiger partial charge in [0.15, 0.2) is 0 Å². The molecule has 0 aromatic rings. The van der Waals surface area contributed by atoms with E-state index in [-0.39, 0.29) is 16.5 Å². The van der Waals surface area contributed by atoms with Crippen molar-refractivity contribution in [2.45, 2.75) is 24.7 Å². The van der Waals surface area contributed by atoms with Gasteiger partial charge in [0, 0.05) is 16.5 Å². The number of hydrogen-bond acceptors (Lipinski definition) is 4. The van der Waals surface area contributed by atoms with Gasteiger partial charge in [0.05, 0.1) is 0 Å². The minimum atomic E-state index is -5.19. The van der Waals surface area contributed by atoms with E-state index in [1.807, 2.05) is 0 Å². The molecule has 17 heteroatoms. The molecule has 0 fully saturated rings. The molecule has 0 atom stereocenters. The van der Waals surface area contributed by atoms with E-state index in [0.29, 0.717) is 0 Å². The van der Waals surface area contributed by atoms with Crippen LogP contribution in [0.5, 0.6) is 0 Å². The van der Waals surface area contributed by atoms with Crippen LogP contribution in [0.3, 0.4) is 0 Å². The summed E-state index contributed by atoms with van der Waals surface area (Å²) in [6.07, 6.45) is -20.8. The molecule has 0 spiro atoms. The number of hydrogen-bond donors (Lipinski definition) is 0. The van der Waals surface area contributed by atoms with E-state index in [1.54, 1.807) is 0 Å². The van der Waals surface area contributed by atoms with Gasteiger partial charge in [0.2, 0.25) is 0 Å². The Hall–Kier alpha value is 0.0135. The number of allylic oxidation sites excluding steroid dienone is 4. The molecule has 0 N–H and O–H groups in total. The van der Waals surface area contributed by atoms with Crippen LogP contribution >= 0.6 is 0 Å². The van der Waals surface area contributed by atoms with Gasteiger partial charge in [-0.25, -0.2) is 0 Å². The molecule has 25 heavy (non-hydrogen) atoms. The monoisotopic (exact) mass is 510 g/mol. The Balaban J connectivity index is -0.000000372. The van der Waals surface area contributed by atoms with E-state index in [0.717, 1.165) is 0 Å². The zero-order chi connectivity index (χ0) is 20.3. The third-order valence-corrected chi connectivity index (χ3v) is 3.44. The van der Waals surface area contributed by atoms with Crippen LogP contribution in [0.1, 0.15) is 0 Å². The van der Waals surface area contributed by atoms with Gasteiger partial charge in [0.1, 0.15) is 0 Å². The minimum Gasteiger partial charge on any atom is -0.777 e. The summed E-state index contributed by atoms with van der Waals surface area (Å²) in [4.78, 5) is -8.81. The normalized spacial score (nSPS) is 15.2. The second-order valence-corrected chi connectivity index (χ2v) is 4.94. The maximum absolute atomic E-state index is 11.5. The summed E-state index contributed by atoms with van der Waals surface area (Å²) < 4.78 is 138. The van der Waals surface area contributed by atoms with Crippen LogP contribution in [0.25, 0.3) is 0 Å². The van der Waals surface area contributed by atoms with E-state index in [9.17, 15) is 52.7 Å². The Bertz CT molecular complexity index is 405. The molecule has 154 valence electrons. The molecule has 0 saturated carbocycles. The van der Waals surface area contributed by atoms with Crippen LogP contribution in [0, 0.1) is 0 Å². The van der Waals surface area contributed by atoms with E-state index < -0.39 is 44.3 Å². The number of alkyl halides is 12. The fourth-order valence-corrected chi connectivity index (χ4v) is 0.978. The van der Waals surface area contributed by atoms with Gasteiger partial charge < -0.3 is 50.5 Å². The van der Waals surface area contributed by atoms with Gasteiger partial charge in [-0.1, -0.05) is 0 Å². The third-order valence-electron chi connectivity index (χ3n) is 1.44. The standard InChI is InChI=1S/2C4H2F6S2.Ni/c2*5-3(6,7)1(11)2(12)4(8,9)10;/h2*11-12H;/p-4. The summed E-state index contributed by atoms with van der Waals surface area (Å²) in [5.74, 6) is 0. The molecule has 0 aromatic carbocycles. The quantitative estimate of drug-likeness (QED) is 0.260. The minimum absolute atomic E-state index is 0. The average molecular weight is 511 g/mol. The number of rotatable bonds is 0. The smallest absolute Gasteiger partial charge is 0.391 e.